The van der Waals surface area contributed by atoms with Gasteiger partial charge in [-0.15, -0.1) is 0 Å². The highest BCUT2D eigenvalue weighted by Gasteiger charge is 2.26. The van der Waals surface area contributed by atoms with Crippen molar-refractivity contribution in [2.24, 2.45) is 5.92 Å². The van der Waals surface area contributed by atoms with E-state index in [4.69, 9.17) is 9.47 Å². The molecule has 2 heterocycles. The highest BCUT2D eigenvalue weighted by Crippen LogP contribution is 2.16. The van der Waals surface area contributed by atoms with Crippen LogP contribution in [0.15, 0.2) is 12.2 Å². The Morgan fingerprint density at radius 1 is 1.31 bits per heavy atom. The van der Waals surface area contributed by atoms with Gasteiger partial charge in [0.2, 0.25) is 0 Å². The molecule has 0 aliphatic carbocycles. The molecule has 16 heavy (non-hydrogen) atoms. The van der Waals surface area contributed by atoms with Crippen LogP contribution in [0, 0.1) is 5.92 Å². The van der Waals surface area contributed by atoms with Crippen LogP contribution < -0.4 is 0 Å². The summed E-state index contributed by atoms with van der Waals surface area (Å²) in [5, 5.41) is 0. The Morgan fingerprint density at radius 2 is 2.06 bits per heavy atom. The Balaban J connectivity index is 1.85. The van der Waals surface area contributed by atoms with Crippen LogP contribution in [-0.4, -0.2) is 43.3 Å². The van der Waals surface area contributed by atoms with Gasteiger partial charge in [-0.25, -0.2) is 9.69 Å². The van der Waals surface area contributed by atoms with Crippen molar-refractivity contribution < 1.29 is 19.1 Å². The highest BCUT2D eigenvalue weighted by atomic mass is 16.6. The molecule has 5 nitrogen and oxygen atoms in total. The van der Waals surface area contributed by atoms with Crippen LogP contribution >= 0.6 is 0 Å². The number of carbonyl (C=O) groups is 2. The number of carbonyl (C=O) groups excluding carboxylic acids is 2. The first-order valence-corrected chi connectivity index (χ1v) is 5.51. The minimum atomic E-state index is -0.540. The van der Waals surface area contributed by atoms with E-state index in [0.717, 1.165) is 31.0 Å². The molecule has 2 fully saturated rings. The number of rotatable bonds is 2. The van der Waals surface area contributed by atoms with Crippen LogP contribution in [0.2, 0.25) is 0 Å². The van der Waals surface area contributed by atoms with Crippen LogP contribution in [-0.2, 0) is 14.3 Å². The standard InChI is InChI=1S/C11H15NO4/c13-10(12-5-8-16-11(12)14)2-1-9-3-6-15-7-4-9/h1-2,9H,3-8H2/b2-1+. The maximum atomic E-state index is 11.6. The molecular formula is C11H15NO4. The number of ether oxygens (including phenoxy) is 2. The van der Waals surface area contributed by atoms with Crippen molar-refractivity contribution in [3.8, 4) is 0 Å². The maximum absolute atomic E-state index is 11.6. The molecule has 2 amide bonds. The number of hydrogen-bond acceptors (Lipinski definition) is 4. The van der Waals surface area contributed by atoms with Gasteiger partial charge < -0.3 is 9.47 Å². The van der Waals surface area contributed by atoms with Gasteiger partial charge in [0.25, 0.3) is 5.91 Å². The molecule has 0 unspecified atom stereocenters. The van der Waals surface area contributed by atoms with Gasteiger partial charge in [0.1, 0.15) is 6.61 Å². The van der Waals surface area contributed by atoms with Gasteiger partial charge in [0, 0.05) is 13.2 Å². The predicted molar refractivity (Wildman–Crippen MR) is 55.7 cm³/mol. The topological polar surface area (TPSA) is 55.8 Å². The molecule has 88 valence electrons. The Bertz CT molecular complexity index is 307. The second-order valence-corrected chi connectivity index (χ2v) is 3.91. The summed E-state index contributed by atoms with van der Waals surface area (Å²) in [5.41, 5.74) is 0. The van der Waals surface area contributed by atoms with E-state index in [2.05, 4.69) is 0 Å². The first-order valence-electron chi connectivity index (χ1n) is 5.51. The summed E-state index contributed by atoms with van der Waals surface area (Å²) in [7, 11) is 0. The Labute approximate surface area is 94.0 Å². The molecule has 5 heteroatoms. The minimum absolute atomic E-state index is 0.283. The molecule has 0 radical (unpaired) electrons. The molecular weight excluding hydrogens is 210 g/mol. The summed E-state index contributed by atoms with van der Waals surface area (Å²) in [5.74, 6) is 0.102. The second kappa shape index (κ2) is 5.12. The Kier molecular flexibility index (Phi) is 3.56. The largest absolute Gasteiger partial charge is 0.447 e. The van der Waals surface area contributed by atoms with Gasteiger partial charge in [-0.2, -0.15) is 0 Å². The van der Waals surface area contributed by atoms with E-state index in [1.807, 2.05) is 6.08 Å². The summed E-state index contributed by atoms with van der Waals surface area (Å²) in [4.78, 5) is 23.8. The molecule has 0 bridgehead atoms. The highest BCUT2D eigenvalue weighted by molar-refractivity contribution is 5.99. The van der Waals surface area contributed by atoms with Crippen LogP contribution in [0.4, 0.5) is 4.79 Å². The lowest BCUT2D eigenvalue weighted by molar-refractivity contribution is -0.122. The molecule has 0 spiro atoms. The summed E-state index contributed by atoms with van der Waals surface area (Å²) >= 11 is 0. The lowest BCUT2D eigenvalue weighted by Crippen LogP contribution is -2.30. The van der Waals surface area contributed by atoms with Crippen LogP contribution in [0.25, 0.3) is 0 Å². The van der Waals surface area contributed by atoms with Crippen LogP contribution in [0.1, 0.15) is 12.8 Å². The minimum Gasteiger partial charge on any atom is -0.447 e. The molecule has 0 aromatic heterocycles. The van der Waals surface area contributed by atoms with Gasteiger partial charge in [-0.3, -0.25) is 4.79 Å². The third kappa shape index (κ3) is 2.61. The summed E-state index contributed by atoms with van der Waals surface area (Å²) in [6.07, 6.45) is 4.68. The monoisotopic (exact) mass is 225 g/mol. The van der Waals surface area contributed by atoms with Gasteiger partial charge in [0.15, 0.2) is 0 Å². The fraction of sp³-hybridized carbons (Fsp3) is 0.636. The Hall–Kier alpha value is -1.36. The fourth-order valence-corrected chi connectivity index (χ4v) is 1.81. The van der Waals surface area contributed by atoms with E-state index in [9.17, 15) is 9.59 Å². The zero-order chi connectivity index (χ0) is 11.4. The zero-order valence-electron chi connectivity index (χ0n) is 9.05. The third-order valence-corrected chi connectivity index (χ3v) is 2.80. The van der Waals surface area contributed by atoms with E-state index < -0.39 is 6.09 Å². The lowest BCUT2D eigenvalue weighted by atomic mass is 10.00. The second-order valence-electron chi connectivity index (χ2n) is 3.91. The van der Waals surface area contributed by atoms with Crippen molar-refractivity contribution in [2.75, 3.05) is 26.4 Å². The van der Waals surface area contributed by atoms with Crippen molar-refractivity contribution in [3.63, 3.8) is 0 Å². The molecule has 0 N–H and O–H groups in total. The number of amides is 2. The molecule has 0 saturated carbocycles. The SMILES string of the molecule is O=C(/C=C/C1CCOCC1)N1CCOC1=O. The number of allylic oxidation sites excluding steroid dienone is 1. The number of hydrogen-bond donors (Lipinski definition) is 0. The smallest absolute Gasteiger partial charge is 0.416 e. The van der Waals surface area contributed by atoms with Crippen molar-refractivity contribution in [1.29, 1.82) is 0 Å². The first-order chi connectivity index (χ1) is 7.77. The first kappa shape index (κ1) is 11.1. The average molecular weight is 225 g/mol. The van der Waals surface area contributed by atoms with E-state index in [1.54, 1.807) is 0 Å². The number of nitrogens with zero attached hydrogens (tertiary/aromatic N) is 1. The van der Waals surface area contributed by atoms with Crippen molar-refractivity contribution in [3.05, 3.63) is 12.2 Å². The van der Waals surface area contributed by atoms with Gasteiger partial charge in [0.05, 0.1) is 6.54 Å². The zero-order valence-corrected chi connectivity index (χ0v) is 9.05. The molecule has 0 aromatic carbocycles. The molecule has 2 aliphatic heterocycles. The van der Waals surface area contributed by atoms with Crippen molar-refractivity contribution >= 4 is 12.0 Å². The average Bonchev–Trinajstić information content (AvgIpc) is 2.74. The molecule has 2 aliphatic rings. The molecule has 0 aromatic rings. The lowest BCUT2D eigenvalue weighted by Gasteiger charge is -2.18. The number of imide groups is 1. The maximum Gasteiger partial charge on any atom is 0.416 e. The summed E-state index contributed by atoms with van der Waals surface area (Å²) in [6.45, 7) is 2.15. The molecule has 0 atom stereocenters. The van der Waals surface area contributed by atoms with Gasteiger partial charge >= 0.3 is 6.09 Å². The summed E-state index contributed by atoms with van der Waals surface area (Å²) in [6, 6.07) is 0. The fourth-order valence-electron chi connectivity index (χ4n) is 1.81. The number of cyclic esters (lactones) is 1. The van der Waals surface area contributed by atoms with E-state index in [1.165, 1.54) is 6.08 Å². The van der Waals surface area contributed by atoms with Gasteiger partial charge in [-0.05, 0) is 24.8 Å². The van der Waals surface area contributed by atoms with E-state index in [-0.39, 0.29) is 5.91 Å². The van der Waals surface area contributed by atoms with Gasteiger partial charge in [-0.1, -0.05) is 6.08 Å². The summed E-state index contributed by atoms with van der Waals surface area (Å²) < 4.78 is 9.91. The normalized spacial score (nSPS) is 22.8. The van der Waals surface area contributed by atoms with Crippen LogP contribution in [0.5, 0.6) is 0 Å². The van der Waals surface area contributed by atoms with Crippen LogP contribution in [0.3, 0.4) is 0 Å². The third-order valence-electron chi connectivity index (χ3n) is 2.80. The Morgan fingerprint density at radius 3 is 2.69 bits per heavy atom. The molecule has 2 rings (SSSR count). The predicted octanol–water partition coefficient (Wildman–Crippen LogP) is 0.948. The molecule has 2 saturated heterocycles. The van der Waals surface area contributed by atoms with Crippen molar-refractivity contribution in [2.45, 2.75) is 12.8 Å². The van der Waals surface area contributed by atoms with E-state index >= 15 is 0 Å². The van der Waals surface area contributed by atoms with Crippen molar-refractivity contribution in [1.82, 2.24) is 4.90 Å². The quantitative estimate of drug-likeness (QED) is 0.656. The van der Waals surface area contributed by atoms with E-state index in [0.29, 0.717) is 19.1 Å².